The van der Waals surface area contributed by atoms with Crippen molar-refractivity contribution in [2.24, 2.45) is 22.2 Å². The maximum atomic E-state index is 14.8. The first-order valence-corrected chi connectivity index (χ1v) is 12.1. The van der Waals surface area contributed by atoms with E-state index in [1.807, 2.05) is 30.3 Å². The summed E-state index contributed by atoms with van der Waals surface area (Å²) in [7, 11) is 0. The van der Waals surface area contributed by atoms with Gasteiger partial charge in [-0.15, -0.1) is 0 Å². The van der Waals surface area contributed by atoms with Crippen molar-refractivity contribution in [2.75, 3.05) is 26.2 Å². The summed E-state index contributed by atoms with van der Waals surface area (Å²) in [5.74, 6) is 0.372. The fourth-order valence-electron chi connectivity index (χ4n) is 3.83. The van der Waals surface area contributed by atoms with E-state index < -0.39 is 11.5 Å². The number of halogens is 1. The van der Waals surface area contributed by atoms with E-state index in [1.54, 1.807) is 18.3 Å². The van der Waals surface area contributed by atoms with Gasteiger partial charge in [-0.1, -0.05) is 18.2 Å². The fourth-order valence-corrected chi connectivity index (χ4v) is 3.83. The van der Waals surface area contributed by atoms with Gasteiger partial charge < -0.3 is 32.2 Å². The number of nitrogens with one attached hydrogen (secondary N) is 2. The van der Waals surface area contributed by atoms with Gasteiger partial charge in [0, 0.05) is 41.5 Å². The molecule has 2 heterocycles. The second-order valence-electron chi connectivity index (χ2n) is 8.51. The largest absolute Gasteiger partial charge is 0.494 e. The number of ether oxygens (including phenoxy) is 1. The normalized spacial score (nSPS) is 11.1. The molecule has 0 aliphatic rings. The summed E-state index contributed by atoms with van der Waals surface area (Å²) in [6, 6.07) is 14.2. The smallest absolute Gasteiger partial charge is 0.354 e. The molecule has 4 aromatic rings. The van der Waals surface area contributed by atoms with Crippen LogP contribution in [0.3, 0.4) is 0 Å². The highest BCUT2D eigenvalue weighted by molar-refractivity contribution is 5.82. The molecule has 8 N–H and O–H groups in total. The standard InChI is InChI=1S/C26H31FN8O2/c27-22-14-20(7-6-18(22)15-31-9-3-10-32-25(29)30)35-16-19-13-23(33-24(19)34-26(35)36)17-4-1-5-21(12-17)37-11-2-8-28/h1,4-7,12-14,16,31H,2-3,8-11,15,28H2,(H4,29,30,32)(H,33,34,36). The molecular formula is C26H31FN8O2. The fraction of sp³-hybridized carbons (Fsp3) is 0.269. The Kier molecular flexibility index (Phi) is 8.49. The highest BCUT2D eigenvalue weighted by Crippen LogP contribution is 2.26. The maximum absolute atomic E-state index is 14.8. The molecule has 0 saturated carbocycles. The Morgan fingerprint density at radius 1 is 1.16 bits per heavy atom. The molecule has 0 amide bonds. The molecule has 0 spiro atoms. The predicted molar refractivity (Wildman–Crippen MR) is 143 cm³/mol. The van der Waals surface area contributed by atoms with Crippen molar-refractivity contribution in [3.05, 3.63) is 76.6 Å². The highest BCUT2D eigenvalue weighted by atomic mass is 19.1. The highest BCUT2D eigenvalue weighted by Gasteiger charge is 2.11. The lowest BCUT2D eigenvalue weighted by Crippen LogP contribution is -2.23. The zero-order valence-corrected chi connectivity index (χ0v) is 20.4. The summed E-state index contributed by atoms with van der Waals surface area (Å²) in [6.45, 7) is 2.59. The average molecular weight is 507 g/mol. The lowest BCUT2D eigenvalue weighted by molar-refractivity contribution is 0.313. The lowest BCUT2D eigenvalue weighted by atomic mass is 10.1. The van der Waals surface area contributed by atoms with Crippen molar-refractivity contribution < 1.29 is 9.13 Å². The minimum absolute atomic E-state index is 0.0540. The SMILES string of the molecule is NCCCOc1cccc(-c2cc3cn(-c4ccc(CNCCCN=C(N)N)c(F)c4)c(=O)nc3[nH]2)c1. The van der Waals surface area contributed by atoms with Gasteiger partial charge in [-0.05, 0) is 56.3 Å². The van der Waals surface area contributed by atoms with Gasteiger partial charge in [-0.25, -0.2) is 9.18 Å². The van der Waals surface area contributed by atoms with E-state index in [0.717, 1.165) is 35.2 Å². The topological polar surface area (TPSA) is 162 Å². The van der Waals surface area contributed by atoms with Crippen LogP contribution >= 0.6 is 0 Å². The molecule has 4 rings (SSSR count). The van der Waals surface area contributed by atoms with Crippen molar-refractivity contribution in [3.63, 3.8) is 0 Å². The number of benzene rings is 2. The van der Waals surface area contributed by atoms with E-state index in [2.05, 4.69) is 20.3 Å². The second-order valence-corrected chi connectivity index (χ2v) is 8.51. The van der Waals surface area contributed by atoms with E-state index in [4.69, 9.17) is 21.9 Å². The van der Waals surface area contributed by atoms with Crippen molar-refractivity contribution in [1.82, 2.24) is 19.9 Å². The van der Waals surface area contributed by atoms with Crippen LogP contribution in [0.2, 0.25) is 0 Å². The van der Waals surface area contributed by atoms with Crippen LogP contribution in [0, 0.1) is 5.82 Å². The van der Waals surface area contributed by atoms with Gasteiger partial charge >= 0.3 is 5.69 Å². The van der Waals surface area contributed by atoms with Gasteiger partial charge in [0.15, 0.2) is 5.96 Å². The maximum Gasteiger partial charge on any atom is 0.354 e. The number of guanidine groups is 1. The third-order valence-electron chi connectivity index (χ3n) is 5.71. The van der Waals surface area contributed by atoms with Crippen molar-refractivity contribution in [3.8, 4) is 22.7 Å². The average Bonchev–Trinajstić information content (AvgIpc) is 3.29. The van der Waals surface area contributed by atoms with E-state index in [0.29, 0.717) is 49.7 Å². The minimum Gasteiger partial charge on any atom is -0.494 e. The Morgan fingerprint density at radius 2 is 2.03 bits per heavy atom. The zero-order chi connectivity index (χ0) is 26.2. The van der Waals surface area contributed by atoms with E-state index in [1.165, 1.54) is 10.6 Å². The summed E-state index contributed by atoms with van der Waals surface area (Å²) in [4.78, 5) is 24.0. The molecule has 11 heteroatoms. The van der Waals surface area contributed by atoms with Gasteiger partial charge in [-0.3, -0.25) is 9.56 Å². The number of rotatable bonds is 12. The molecule has 0 radical (unpaired) electrons. The molecule has 10 nitrogen and oxygen atoms in total. The zero-order valence-electron chi connectivity index (χ0n) is 20.4. The number of aromatic nitrogens is 3. The van der Waals surface area contributed by atoms with Crippen LogP contribution in [0.4, 0.5) is 4.39 Å². The molecule has 0 bridgehead atoms. The number of H-pyrrole nitrogens is 1. The van der Waals surface area contributed by atoms with Gasteiger partial charge in [0.1, 0.15) is 17.2 Å². The number of nitrogens with zero attached hydrogens (tertiary/aromatic N) is 3. The van der Waals surface area contributed by atoms with Gasteiger partial charge in [0.05, 0.1) is 12.3 Å². The summed E-state index contributed by atoms with van der Waals surface area (Å²) in [5, 5.41) is 3.88. The molecule has 0 aliphatic heterocycles. The molecule has 37 heavy (non-hydrogen) atoms. The number of nitrogens with two attached hydrogens (primary N) is 3. The minimum atomic E-state index is -0.509. The quantitative estimate of drug-likeness (QED) is 0.111. The van der Waals surface area contributed by atoms with Gasteiger partial charge in [0.25, 0.3) is 0 Å². The molecule has 0 unspecified atom stereocenters. The summed E-state index contributed by atoms with van der Waals surface area (Å²) in [5.41, 5.74) is 18.6. The Bertz CT molecular complexity index is 1440. The molecule has 194 valence electrons. The number of hydrogen-bond acceptors (Lipinski definition) is 6. The molecule has 2 aromatic heterocycles. The van der Waals surface area contributed by atoms with Gasteiger partial charge in [0.2, 0.25) is 0 Å². The van der Waals surface area contributed by atoms with Crippen LogP contribution in [-0.4, -0.2) is 46.7 Å². The van der Waals surface area contributed by atoms with E-state index >= 15 is 0 Å². The molecule has 2 aromatic carbocycles. The van der Waals surface area contributed by atoms with Crippen LogP contribution in [-0.2, 0) is 6.54 Å². The third-order valence-corrected chi connectivity index (χ3v) is 5.71. The Balaban J connectivity index is 1.49. The van der Waals surface area contributed by atoms with Crippen LogP contribution in [0.5, 0.6) is 5.75 Å². The first-order valence-electron chi connectivity index (χ1n) is 12.1. The first-order chi connectivity index (χ1) is 17.9. The monoisotopic (exact) mass is 506 g/mol. The Morgan fingerprint density at radius 3 is 2.81 bits per heavy atom. The Hall–Kier alpha value is -4.22. The van der Waals surface area contributed by atoms with Crippen LogP contribution in [0.1, 0.15) is 18.4 Å². The molecule has 0 atom stereocenters. The molecule has 0 saturated heterocycles. The first kappa shape index (κ1) is 25.9. The predicted octanol–water partition coefficient (Wildman–Crippen LogP) is 2.00. The molecule has 0 aliphatic carbocycles. The van der Waals surface area contributed by atoms with Crippen LogP contribution < -0.4 is 32.9 Å². The summed E-state index contributed by atoms with van der Waals surface area (Å²) >= 11 is 0. The summed E-state index contributed by atoms with van der Waals surface area (Å²) < 4.78 is 21.8. The van der Waals surface area contributed by atoms with E-state index in [-0.39, 0.29) is 5.96 Å². The van der Waals surface area contributed by atoms with Crippen molar-refractivity contribution >= 4 is 17.0 Å². The van der Waals surface area contributed by atoms with Crippen molar-refractivity contribution in [2.45, 2.75) is 19.4 Å². The van der Waals surface area contributed by atoms with Gasteiger partial charge in [-0.2, -0.15) is 4.98 Å². The number of aromatic amines is 1. The summed E-state index contributed by atoms with van der Waals surface area (Å²) in [6.07, 6.45) is 3.15. The number of aliphatic imine (C=N–C) groups is 1. The van der Waals surface area contributed by atoms with Crippen molar-refractivity contribution in [1.29, 1.82) is 0 Å². The second kappa shape index (κ2) is 12.2. The van der Waals surface area contributed by atoms with Crippen LogP contribution in [0.25, 0.3) is 28.0 Å². The lowest BCUT2D eigenvalue weighted by Gasteiger charge is -2.09. The van der Waals surface area contributed by atoms with E-state index in [9.17, 15) is 9.18 Å². The number of fused-ring (bicyclic) bond motifs is 1. The molecular weight excluding hydrogens is 475 g/mol. The van der Waals surface area contributed by atoms with Crippen LogP contribution in [0.15, 0.2) is 64.5 Å². The molecule has 0 fully saturated rings. The number of hydrogen-bond donors (Lipinski definition) is 5. The third kappa shape index (κ3) is 6.72. The Labute approximate surface area is 213 Å².